The molecule has 0 spiro atoms. The minimum absolute atomic E-state index is 0.0391. The molecule has 5 heteroatoms. The summed E-state index contributed by atoms with van der Waals surface area (Å²) in [6.07, 6.45) is 2.49. The predicted molar refractivity (Wildman–Crippen MR) is 80.3 cm³/mol. The van der Waals surface area contributed by atoms with E-state index in [9.17, 15) is 4.79 Å². The highest BCUT2D eigenvalue weighted by Gasteiger charge is 2.36. The van der Waals surface area contributed by atoms with Crippen molar-refractivity contribution in [2.75, 3.05) is 26.8 Å². The molecule has 116 valence electrons. The number of aromatic nitrogens is 1. The van der Waals surface area contributed by atoms with Crippen molar-refractivity contribution in [3.63, 3.8) is 0 Å². The van der Waals surface area contributed by atoms with E-state index in [4.69, 9.17) is 9.47 Å². The van der Waals surface area contributed by atoms with E-state index >= 15 is 0 Å². The Hall–Kier alpha value is -1.46. The average Bonchev–Trinajstić information content (AvgIpc) is 2.45. The van der Waals surface area contributed by atoms with Crippen molar-refractivity contribution in [3.8, 4) is 0 Å². The average molecular weight is 292 g/mol. The van der Waals surface area contributed by atoms with Gasteiger partial charge in [0.1, 0.15) is 5.69 Å². The Bertz CT molecular complexity index is 502. The maximum Gasteiger partial charge on any atom is 0.272 e. The van der Waals surface area contributed by atoms with Gasteiger partial charge in [0.05, 0.1) is 18.3 Å². The first kappa shape index (κ1) is 15.9. The van der Waals surface area contributed by atoms with Crippen LogP contribution in [0.25, 0.3) is 0 Å². The molecule has 0 saturated carbocycles. The summed E-state index contributed by atoms with van der Waals surface area (Å²) in [5.41, 5.74) is 1.25. The Morgan fingerprint density at radius 1 is 1.57 bits per heavy atom. The van der Waals surface area contributed by atoms with Gasteiger partial charge in [-0.15, -0.1) is 0 Å². The van der Waals surface area contributed by atoms with Crippen LogP contribution in [0.4, 0.5) is 0 Å². The topological polar surface area (TPSA) is 51.7 Å². The summed E-state index contributed by atoms with van der Waals surface area (Å²) in [5, 5.41) is 0. The number of pyridine rings is 1. The Morgan fingerprint density at radius 2 is 2.33 bits per heavy atom. The number of aryl methyl sites for hydroxylation is 1. The van der Waals surface area contributed by atoms with E-state index in [0.29, 0.717) is 25.4 Å². The number of hydrogen-bond donors (Lipinski definition) is 0. The Balaban J connectivity index is 2.16. The first-order valence-corrected chi connectivity index (χ1v) is 7.36. The molecule has 0 N–H and O–H groups in total. The van der Waals surface area contributed by atoms with E-state index in [-0.39, 0.29) is 17.6 Å². The van der Waals surface area contributed by atoms with Gasteiger partial charge in [-0.1, -0.05) is 6.92 Å². The number of rotatable bonds is 4. The maximum absolute atomic E-state index is 12.7. The first-order chi connectivity index (χ1) is 9.95. The molecule has 2 heterocycles. The number of ether oxygens (including phenoxy) is 2. The molecule has 1 amide bonds. The molecular weight excluding hydrogens is 268 g/mol. The molecule has 21 heavy (non-hydrogen) atoms. The van der Waals surface area contributed by atoms with E-state index in [1.54, 1.807) is 13.3 Å². The fourth-order valence-corrected chi connectivity index (χ4v) is 2.70. The highest BCUT2D eigenvalue weighted by molar-refractivity contribution is 5.92. The molecule has 0 radical (unpaired) electrons. The van der Waals surface area contributed by atoms with Crippen LogP contribution in [0, 0.1) is 0 Å². The number of morpholine rings is 1. The fourth-order valence-electron chi connectivity index (χ4n) is 2.70. The largest absolute Gasteiger partial charge is 0.382 e. The molecule has 1 atom stereocenters. The smallest absolute Gasteiger partial charge is 0.272 e. The van der Waals surface area contributed by atoms with Crippen molar-refractivity contribution in [3.05, 3.63) is 29.6 Å². The van der Waals surface area contributed by atoms with Crippen molar-refractivity contribution < 1.29 is 14.3 Å². The van der Waals surface area contributed by atoms with Gasteiger partial charge in [0.25, 0.3) is 5.91 Å². The molecule has 1 fully saturated rings. The molecule has 1 saturated heterocycles. The summed E-state index contributed by atoms with van der Waals surface area (Å²) in [5.74, 6) is -0.0391. The summed E-state index contributed by atoms with van der Waals surface area (Å²) in [4.78, 5) is 18.7. The molecule has 1 aromatic rings. The molecular formula is C16H24N2O3. The van der Waals surface area contributed by atoms with E-state index < -0.39 is 0 Å². The van der Waals surface area contributed by atoms with E-state index in [1.807, 2.05) is 30.9 Å². The van der Waals surface area contributed by atoms with Gasteiger partial charge >= 0.3 is 0 Å². The normalized spacial score (nSPS) is 21.3. The Kier molecular flexibility index (Phi) is 4.96. The van der Waals surface area contributed by atoms with E-state index in [0.717, 1.165) is 12.0 Å². The summed E-state index contributed by atoms with van der Waals surface area (Å²) < 4.78 is 11.1. The van der Waals surface area contributed by atoms with Crippen LogP contribution >= 0.6 is 0 Å². The van der Waals surface area contributed by atoms with Crippen LogP contribution in [0.2, 0.25) is 0 Å². The van der Waals surface area contributed by atoms with Gasteiger partial charge in [-0.05, 0) is 38.0 Å². The van der Waals surface area contributed by atoms with Crippen LogP contribution in [0.5, 0.6) is 0 Å². The summed E-state index contributed by atoms with van der Waals surface area (Å²) in [6.45, 7) is 7.62. The minimum atomic E-state index is -0.376. The quantitative estimate of drug-likeness (QED) is 0.850. The monoisotopic (exact) mass is 292 g/mol. The third kappa shape index (κ3) is 4.02. The minimum Gasteiger partial charge on any atom is -0.382 e. The van der Waals surface area contributed by atoms with Crippen LogP contribution in [0.15, 0.2) is 18.3 Å². The zero-order valence-corrected chi connectivity index (χ0v) is 13.3. The lowest BCUT2D eigenvalue weighted by molar-refractivity contribution is -0.143. The molecule has 0 aromatic carbocycles. The third-order valence-electron chi connectivity index (χ3n) is 3.57. The second kappa shape index (κ2) is 6.54. The molecule has 5 nitrogen and oxygen atoms in total. The number of carbonyl (C=O) groups is 1. The molecule has 0 bridgehead atoms. The maximum atomic E-state index is 12.7. The van der Waals surface area contributed by atoms with Crippen molar-refractivity contribution >= 4 is 5.91 Å². The van der Waals surface area contributed by atoms with Crippen LogP contribution in [0.1, 0.15) is 36.8 Å². The molecule has 1 aliphatic rings. The Labute approximate surface area is 126 Å². The van der Waals surface area contributed by atoms with Crippen molar-refractivity contribution in [1.82, 2.24) is 9.88 Å². The molecule has 0 aliphatic carbocycles. The highest BCUT2D eigenvalue weighted by atomic mass is 16.5. The zero-order chi connectivity index (χ0) is 15.5. The second-order valence-corrected chi connectivity index (χ2v) is 6.04. The summed E-state index contributed by atoms with van der Waals surface area (Å²) in [6, 6.07) is 3.81. The summed E-state index contributed by atoms with van der Waals surface area (Å²) >= 11 is 0. The standard InChI is InChI=1S/C16H24N2O3/c1-5-12-6-7-17-14(8-12)15(19)18-9-13(10-20-4)21-16(2,3)11-18/h6-8,13H,5,9-11H2,1-4H3. The number of nitrogens with zero attached hydrogens (tertiary/aromatic N) is 2. The van der Waals surface area contributed by atoms with Crippen LogP contribution < -0.4 is 0 Å². The SMILES string of the molecule is CCc1ccnc(C(=O)N2CC(COC)OC(C)(C)C2)c1. The molecule has 1 aliphatic heterocycles. The van der Waals surface area contributed by atoms with Gasteiger partial charge in [0, 0.05) is 26.4 Å². The summed E-state index contributed by atoms with van der Waals surface area (Å²) in [7, 11) is 1.64. The lowest BCUT2D eigenvalue weighted by Gasteiger charge is -2.42. The zero-order valence-electron chi connectivity index (χ0n) is 13.3. The van der Waals surface area contributed by atoms with Crippen LogP contribution in [-0.2, 0) is 15.9 Å². The predicted octanol–water partition coefficient (Wildman–Crippen LogP) is 1.91. The molecule has 1 aromatic heterocycles. The van der Waals surface area contributed by atoms with Gasteiger partial charge in [-0.25, -0.2) is 0 Å². The van der Waals surface area contributed by atoms with Crippen molar-refractivity contribution in [2.45, 2.75) is 38.9 Å². The van der Waals surface area contributed by atoms with Crippen LogP contribution in [0.3, 0.4) is 0 Å². The number of carbonyl (C=O) groups excluding carboxylic acids is 1. The number of hydrogen-bond acceptors (Lipinski definition) is 4. The van der Waals surface area contributed by atoms with E-state index in [1.165, 1.54) is 0 Å². The van der Waals surface area contributed by atoms with Crippen LogP contribution in [-0.4, -0.2) is 54.3 Å². The third-order valence-corrected chi connectivity index (χ3v) is 3.57. The molecule has 1 unspecified atom stereocenters. The van der Waals surface area contributed by atoms with Gasteiger partial charge in [-0.2, -0.15) is 0 Å². The highest BCUT2D eigenvalue weighted by Crippen LogP contribution is 2.22. The lowest BCUT2D eigenvalue weighted by Crippen LogP contribution is -2.55. The lowest BCUT2D eigenvalue weighted by atomic mass is 10.0. The van der Waals surface area contributed by atoms with Crippen molar-refractivity contribution in [1.29, 1.82) is 0 Å². The van der Waals surface area contributed by atoms with Gasteiger partial charge in [0.15, 0.2) is 0 Å². The number of amides is 1. The first-order valence-electron chi connectivity index (χ1n) is 7.36. The van der Waals surface area contributed by atoms with Gasteiger partial charge in [0.2, 0.25) is 0 Å². The van der Waals surface area contributed by atoms with E-state index in [2.05, 4.69) is 11.9 Å². The van der Waals surface area contributed by atoms with Gasteiger partial charge in [-0.3, -0.25) is 9.78 Å². The fraction of sp³-hybridized carbons (Fsp3) is 0.625. The second-order valence-electron chi connectivity index (χ2n) is 6.04. The Morgan fingerprint density at radius 3 is 3.00 bits per heavy atom. The van der Waals surface area contributed by atoms with Crippen molar-refractivity contribution in [2.24, 2.45) is 0 Å². The molecule has 2 rings (SSSR count). The number of methoxy groups -OCH3 is 1. The van der Waals surface area contributed by atoms with Gasteiger partial charge < -0.3 is 14.4 Å².